The molecule has 3 nitrogen and oxygen atoms in total. The quantitative estimate of drug-likeness (QED) is 0.861. The van der Waals surface area contributed by atoms with Gasteiger partial charge in [-0.1, -0.05) is 13.8 Å². The molecule has 1 aliphatic rings. The minimum absolute atomic E-state index is 0.346. The van der Waals surface area contributed by atoms with Gasteiger partial charge in [-0.25, -0.2) is 4.98 Å². The molecule has 1 saturated heterocycles. The second-order valence-corrected chi connectivity index (χ2v) is 6.29. The topological polar surface area (TPSA) is 34.2 Å². The Morgan fingerprint density at radius 3 is 3.00 bits per heavy atom. The number of rotatable bonds is 6. The van der Waals surface area contributed by atoms with Crippen molar-refractivity contribution < 1.29 is 4.74 Å². The number of nitrogens with one attached hydrogen (secondary N) is 1. The van der Waals surface area contributed by atoms with Gasteiger partial charge in [-0.3, -0.25) is 0 Å². The van der Waals surface area contributed by atoms with Gasteiger partial charge in [0.1, 0.15) is 0 Å². The lowest BCUT2D eigenvalue weighted by molar-refractivity contribution is 0.0608. The van der Waals surface area contributed by atoms with Crippen LogP contribution in [-0.2, 0) is 11.2 Å². The normalized spacial score (nSPS) is 25.5. The van der Waals surface area contributed by atoms with E-state index in [9.17, 15) is 0 Å². The Hall–Kier alpha value is -0.450. The van der Waals surface area contributed by atoms with Crippen LogP contribution in [0, 0.1) is 12.8 Å². The average Bonchev–Trinajstić information content (AvgIpc) is 2.93. The predicted molar refractivity (Wildman–Crippen MR) is 76.2 cm³/mol. The lowest BCUT2D eigenvalue weighted by Crippen LogP contribution is -2.44. The third-order valence-corrected chi connectivity index (χ3v) is 4.42. The minimum atomic E-state index is 0.346. The number of hydrogen-bond acceptors (Lipinski definition) is 4. The molecule has 0 aliphatic carbocycles. The Morgan fingerprint density at radius 1 is 1.61 bits per heavy atom. The van der Waals surface area contributed by atoms with Crippen molar-refractivity contribution >= 4 is 11.3 Å². The van der Waals surface area contributed by atoms with Gasteiger partial charge in [0.2, 0.25) is 0 Å². The van der Waals surface area contributed by atoms with Gasteiger partial charge in [0.25, 0.3) is 0 Å². The molecule has 0 radical (unpaired) electrons. The predicted octanol–water partition coefficient (Wildman–Crippen LogP) is 2.79. The van der Waals surface area contributed by atoms with Crippen LogP contribution < -0.4 is 5.32 Å². The molecule has 0 aromatic carbocycles. The fraction of sp³-hybridized carbons (Fsp3) is 0.786. The van der Waals surface area contributed by atoms with Crippen LogP contribution in [0.5, 0.6) is 0 Å². The summed E-state index contributed by atoms with van der Waals surface area (Å²) >= 11 is 1.73. The van der Waals surface area contributed by atoms with Gasteiger partial charge >= 0.3 is 0 Å². The molecule has 0 spiro atoms. The van der Waals surface area contributed by atoms with E-state index in [2.05, 4.69) is 36.5 Å². The largest absolute Gasteiger partial charge is 0.376 e. The summed E-state index contributed by atoms with van der Waals surface area (Å²) in [5.74, 6) is 0.652. The molecule has 1 aromatic rings. The maximum atomic E-state index is 5.92. The van der Waals surface area contributed by atoms with Crippen LogP contribution in [0.2, 0.25) is 0 Å². The van der Waals surface area contributed by atoms with E-state index in [4.69, 9.17) is 4.74 Å². The van der Waals surface area contributed by atoms with Crippen molar-refractivity contribution in [1.29, 1.82) is 0 Å². The standard InChI is InChI=1S/C14H24N2OS/c1-4-6-15-13(14-10(2)5-7-17-14)8-12-9-18-11(3)16-12/h9-10,13-15H,4-8H2,1-3H3. The zero-order valence-electron chi connectivity index (χ0n) is 11.6. The molecule has 102 valence electrons. The van der Waals surface area contributed by atoms with Crippen molar-refractivity contribution in [2.24, 2.45) is 5.92 Å². The summed E-state index contributed by atoms with van der Waals surface area (Å²) in [5, 5.41) is 6.97. The monoisotopic (exact) mass is 268 g/mol. The lowest BCUT2D eigenvalue weighted by Gasteiger charge is -2.26. The van der Waals surface area contributed by atoms with Crippen molar-refractivity contribution in [2.45, 2.75) is 52.2 Å². The van der Waals surface area contributed by atoms with Crippen LogP contribution in [0.4, 0.5) is 0 Å². The highest BCUT2D eigenvalue weighted by Gasteiger charge is 2.32. The second kappa shape index (κ2) is 6.64. The van der Waals surface area contributed by atoms with Crippen molar-refractivity contribution in [3.8, 4) is 0 Å². The number of hydrogen-bond donors (Lipinski definition) is 1. The van der Waals surface area contributed by atoms with E-state index in [0.29, 0.717) is 18.1 Å². The van der Waals surface area contributed by atoms with E-state index in [0.717, 1.165) is 31.0 Å². The van der Waals surface area contributed by atoms with Crippen LogP contribution in [-0.4, -0.2) is 30.3 Å². The fourth-order valence-corrected chi connectivity index (χ4v) is 3.22. The zero-order valence-corrected chi connectivity index (χ0v) is 12.4. The van der Waals surface area contributed by atoms with Crippen molar-refractivity contribution in [3.63, 3.8) is 0 Å². The van der Waals surface area contributed by atoms with E-state index in [1.54, 1.807) is 11.3 Å². The Kier molecular flexibility index (Phi) is 5.15. The summed E-state index contributed by atoms with van der Waals surface area (Å²) in [4.78, 5) is 4.58. The van der Waals surface area contributed by atoms with Gasteiger partial charge in [0.05, 0.1) is 16.8 Å². The zero-order chi connectivity index (χ0) is 13.0. The van der Waals surface area contributed by atoms with Gasteiger partial charge in [-0.15, -0.1) is 11.3 Å². The molecule has 0 bridgehead atoms. The molecule has 2 heterocycles. The molecule has 0 amide bonds. The van der Waals surface area contributed by atoms with Crippen molar-refractivity contribution in [1.82, 2.24) is 10.3 Å². The molecule has 1 fully saturated rings. The number of aryl methyl sites for hydroxylation is 1. The molecule has 18 heavy (non-hydrogen) atoms. The smallest absolute Gasteiger partial charge is 0.0897 e. The number of ether oxygens (including phenoxy) is 1. The van der Waals surface area contributed by atoms with Crippen LogP contribution in [0.25, 0.3) is 0 Å². The number of aromatic nitrogens is 1. The van der Waals surface area contributed by atoms with E-state index < -0.39 is 0 Å². The molecule has 1 aromatic heterocycles. The summed E-state index contributed by atoms with van der Waals surface area (Å²) in [6.45, 7) is 8.53. The Bertz CT molecular complexity index is 366. The molecule has 3 atom stereocenters. The number of nitrogens with zero attached hydrogens (tertiary/aromatic N) is 1. The molecule has 3 unspecified atom stereocenters. The lowest BCUT2D eigenvalue weighted by atomic mass is 9.94. The number of thiazole rings is 1. The van der Waals surface area contributed by atoms with E-state index in [1.165, 1.54) is 12.1 Å². The highest BCUT2D eigenvalue weighted by molar-refractivity contribution is 7.09. The SMILES string of the molecule is CCCNC(Cc1csc(C)n1)C1OCCC1C. The molecule has 0 saturated carbocycles. The summed E-state index contributed by atoms with van der Waals surface area (Å²) < 4.78 is 5.92. The van der Waals surface area contributed by atoms with Gasteiger partial charge in [-0.2, -0.15) is 0 Å². The molecule has 1 aliphatic heterocycles. The molecule has 1 N–H and O–H groups in total. The highest BCUT2D eigenvalue weighted by Crippen LogP contribution is 2.25. The van der Waals surface area contributed by atoms with Crippen LogP contribution >= 0.6 is 11.3 Å². The third kappa shape index (κ3) is 3.53. The summed E-state index contributed by atoms with van der Waals surface area (Å²) in [7, 11) is 0. The first-order chi connectivity index (χ1) is 8.70. The van der Waals surface area contributed by atoms with Crippen LogP contribution in [0.3, 0.4) is 0 Å². The maximum Gasteiger partial charge on any atom is 0.0897 e. The summed E-state index contributed by atoms with van der Waals surface area (Å²) in [5.41, 5.74) is 1.20. The maximum absolute atomic E-state index is 5.92. The Labute approximate surface area is 114 Å². The molecular weight excluding hydrogens is 244 g/mol. The fourth-order valence-electron chi connectivity index (χ4n) is 2.59. The Morgan fingerprint density at radius 2 is 2.44 bits per heavy atom. The summed E-state index contributed by atoms with van der Waals surface area (Å²) in [6, 6.07) is 0.406. The molecule has 2 rings (SSSR count). The first-order valence-corrected chi connectivity index (χ1v) is 7.84. The van der Waals surface area contributed by atoms with Gasteiger partial charge < -0.3 is 10.1 Å². The van der Waals surface area contributed by atoms with Gasteiger partial charge in [0.15, 0.2) is 0 Å². The second-order valence-electron chi connectivity index (χ2n) is 5.22. The van der Waals surface area contributed by atoms with E-state index in [1.807, 2.05) is 0 Å². The van der Waals surface area contributed by atoms with Crippen LogP contribution in [0.1, 0.15) is 37.4 Å². The van der Waals surface area contributed by atoms with Crippen molar-refractivity contribution in [3.05, 3.63) is 16.1 Å². The first-order valence-electron chi connectivity index (χ1n) is 6.96. The van der Waals surface area contributed by atoms with Crippen molar-refractivity contribution in [2.75, 3.05) is 13.2 Å². The third-order valence-electron chi connectivity index (χ3n) is 3.59. The van der Waals surface area contributed by atoms with E-state index in [-0.39, 0.29) is 0 Å². The highest BCUT2D eigenvalue weighted by atomic mass is 32.1. The van der Waals surface area contributed by atoms with E-state index >= 15 is 0 Å². The molecule has 4 heteroatoms. The molecular formula is C14H24N2OS. The minimum Gasteiger partial charge on any atom is -0.376 e. The van der Waals surface area contributed by atoms with Crippen LogP contribution in [0.15, 0.2) is 5.38 Å². The first kappa shape index (κ1) is 14.0. The van der Waals surface area contributed by atoms with Gasteiger partial charge in [-0.05, 0) is 32.2 Å². The Balaban J connectivity index is 2.00. The van der Waals surface area contributed by atoms with Gasteiger partial charge in [0, 0.05) is 24.4 Å². The average molecular weight is 268 g/mol. The summed E-state index contributed by atoms with van der Waals surface area (Å²) in [6.07, 6.45) is 3.68.